The fourth-order valence-corrected chi connectivity index (χ4v) is 2.49. The van der Waals surface area contributed by atoms with Gasteiger partial charge < -0.3 is 4.74 Å². The van der Waals surface area contributed by atoms with E-state index in [2.05, 4.69) is 27.3 Å². The lowest BCUT2D eigenvalue weighted by Gasteiger charge is -2.11. The molecule has 0 radical (unpaired) electrons. The molecule has 2 heterocycles. The number of hydrogen-bond acceptors (Lipinski definition) is 4. The normalized spacial score (nSPS) is 11.0. The number of ether oxygens (including phenoxy) is 1. The molecule has 0 aliphatic heterocycles. The molecule has 5 heteroatoms. The summed E-state index contributed by atoms with van der Waals surface area (Å²) in [6.45, 7) is 6.01. The Morgan fingerprint density at radius 2 is 1.70 bits per heavy atom. The van der Waals surface area contributed by atoms with Gasteiger partial charge in [-0.1, -0.05) is 0 Å². The zero-order chi connectivity index (χ0) is 14.3. The van der Waals surface area contributed by atoms with Crippen LogP contribution >= 0.6 is 0 Å². The molecule has 0 amide bonds. The Morgan fingerprint density at radius 1 is 1.00 bits per heavy atom. The Morgan fingerprint density at radius 3 is 2.35 bits per heavy atom. The number of nitrogens with zero attached hydrogens (tertiary/aromatic N) is 4. The van der Waals surface area contributed by atoms with Crippen LogP contribution in [-0.2, 0) is 0 Å². The molecule has 102 valence electrons. The zero-order valence-electron chi connectivity index (χ0n) is 12.0. The van der Waals surface area contributed by atoms with Crippen molar-refractivity contribution in [2.45, 2.75) is 20.8 Å². The number of fused-ring (bicyclic) bond motifs is 1. The van der Waals surface area contributed by atoms with Crippen molar-refractivity contribution in [3.05, 3.63) is 41.5 Å². The van der Waals surface area contributed by atoms with Gasteiger partial charge in [-0.05, 0) is 49.6 Å². The Kier molecular flexibility index (Phi) is 2.89. The molecule has 1 aromatic carbocycles. The maximum Gasteiger partial charge on any atom is 0.254 e. The first-order chi connectivity index (χ1) is 9.60. The molecule has 0 unspecified atom stereocenters. The molecule has 0 fully saturated rings. The van der Waals surface area contributed by atoms with E-state index in [0.717, 1.165) is 33.8 Å². The molecule has 0 aliphatic carbocycles. The van der Waals surface area contributed by atoms with Crippen LogP contribution in [0.4, 0.5) is 0 Å². The molecule has 2 aromatic heterocycles. The van der Waals surface area contributed by atoms with Crippen LogP contribution in [0, 0.1) is 20.8 Å². The smallest absolute Gasteiger partial charge is 0.254 e. The van der Waals surface area contributed by atoms with Crippen molar-refractivity contribution >= 4 is 5.78 Å². The van der Waals surface area contributed by atoms with Gasteiger partial charge in [0.25, 0.3) is 5.78 Å². The topological polar surface area (TPSA) is 52.3 Å². The first-order valence-corrected chi connectivity index (χ1v) is 6.43. The minimum absolute atomic E-state index is 0.619. The van der Waals surface area contributed by atoms with Crippen molar-refractivity contribution in [1.82, 2.24) is 19.6 Å². The van der Waals surface area contributed by atoms with Crippen LogP contribution in [-0.4, -0.2) is 26.7 Å². The van der Waals surface area contributed by atoms with Crippen LogP contribution in [0.3, 0.4) is 0 Å². The van der Waals surface area contributed by atoms with Gasteiger partial charge in [-0.2, -0.15) is 0 Å². The summed E-state index contributed by atoms with van der Waals surface area (Å²) in [6, 6.07) is 4.21. The monoisotopic (exact) mass is 268 g/mol. The average Bonchev–Trinajstić information content (AvgIpc) is 2.79. The zero-order valence-corrected chi connectivity index (χ0v) is 12.0. The van der Waals surface area contributed by atoms with Gasteiger partial charge in [0, 0.05) is 18.0 Å². The molecular weight excluding hydrogens is 252 g/mol. The van der Waals surface area contributed by atoms with E-state index < -0.39 is 0 Å². The number of rotatable bonds is 2. The van der Waals surface area contributed by atoms with Crippen molar-refractivity contribution in [3.8, 4) is 16.9 Å². The molecule has 3 rings (SSSR count). The standard InChI is InChI=1S/C15H16N4O/c1-9-5-12(6-10(2)14(9)20-4)13-7-16-15-18-17-11(3)19(15)8-13/h5-8H,1-4H3. The Labute approximate surface area is 117 Å². The van der Waals surface area contributed by atoms with E-state index in [9.17, 15) is 0 Å². The Hall–Kier alpha value is -2.43. The number of aryl methyl sites for hydroxylation is 3. The number of hydrogen-bond donors (Lipinski definition) is 0. The highest BCUT2D eigenvalue weighted by Gasteiger charge is 2.09. The quantitative estimate of drug-likeness (QED) is 0.717. The van der Waals surface area contributed by atoms with Crippen LogP contribution in [0.1, 0.15) is 17.0 Å². The highest BCUT2D eigenvalue weighted by Crippen LogP contribution is 2.29. The second-order valence-electron chi connectivity index (χ2n) is 4.90. The van der Waals surface area contributed by atoms with Crippen LogP contribution < -0.4 is 4.74 Å². The predicted molar refractivity (Wildman–Crippen MR) is 77.0 cm³/mol. The summed E-state index contributed by atoms with van der Waals surface area (Å²) in [6.07, 6.45) is 3.84. The van der Waals surface area contributed by atoms with E-state index >= 15 is 0 Å². The van der Waals surface area contributed by atoms with Crippen molar-refractivity contribution in [2.24, 2.45) is 0 Å². The van der Waals surface area contributed by atoms with E-state index in [1.165, 1.54) is 0 Å². The van der Waals surface area contributed by atoms with Gasteiger partial charge in [0.1, 0.15) is 11.6 Å². The SMILES string of the molecule is COc1c(C)cc(-c2cnc3nnc(C)n3c2)cc1C. The Bertz CT molecular complexity index is 769. The van der Waals surface area contributed by atoms with Crippen LogP contribution in [0.25, 0.3) is 16.9 Å². The highest BCUT2D eigenvalue weighted by atomic mass is 16.5. The van der Waals surface area contributed by atoms with Gasteiger partial charge in [-0.15, -0.1) is 10.2 Å². The van der Waals surface area contributed by atoms with E-state index in [0.29, 0.717) is 5.78 Å². The minimum atomic E-state index is 0.619. The summed E-state index contributed by atoms with van der Waals surface area (Å²) >= 11 is 0. The van der Waals surface area contributed by atoms with Gasteiger partial charge >= 0.3 is 0 Å². The first-order valence-electron chi connectivity index (χ1n) is 6.43. The number of benzene rings is 1. The molecule has 0 aliphatic rings. The summed E-state index contributed by atoms with van der Waals surface area (Å²) in [5, 5.41) is 8.02. The van der Waals surface area contributed by atoms with Crippen molar-refractivity contribution in [2.75, 3.05) is 7.11 Å². The van der Waals surface area contributed by atoms with E-state index in [-0.39, 0.29) is 0 Å². The lowest BCUT2D eigenvalue weighted by atomic mass is 10.0. The molecule has 0 saturated carbocycles. The third-order valence-electron chi connectivity index (χ3n) is 3.43. The molecule has 0 N–H and O–H groups in total. The van der Waals surface area contributed by atoms with Crippen LogP contribution in [0.5, 0.6) is 5.75 Å². The molecule has 0 spiro atoms. The van der Waals surface area contributed by atoms with Crippen LogP contribution in [0.15, 0.2) is 24.5 Å². The maximum atomic E-state index is 5.40. The van der Waals surface area contributed by atoms with E-state index in [1.54, 1.807) is 7.11 Å². The summed E-state index contributed by atoms with van der Waals surface area (Å²) < 4.78 is 7.30. The molecule has 20 heavy (non-hydrogen) atoms. The fourth-order valence-electron chi connectivity index (χ4n) is 2.49. The van der Waals surface area contributed by atoms with Gasteiger partial charge in [-0.25, -0.2) is 4.98 Å². The molecule has 0 saturated heterocycles. The predicted octanol–water partition coefficient (Wildman–Crippen LogP) is 2.73. The molecule has 3 aromatic rings. The van der Waals surface area contributed by atoms with Crippen molar-refractivity contribution in [1.29, 1.82) is 0 Å². The Balaban J connectivity index is 2.17. The minimum Gasteiger partial charge on any atom is -0.496 e. The van der Waals surface area contributed by atoms with Gasteiger partial charge in [0.05, 0.1) is 7.11 Å². The number of methoxy groups -OCH3 is 1. The third kappa shape index (κ3) is 1.91. The lowest BCUT2D eigenvalue weighted by molar-refractivity contribution is 0.408. The van der Waals surface area contributed by atoms with Crippen molar-refractivity contribution in [3.63, 3.8) is 0 Å². The average molecular weight is 268 g/mol. The molecule has 0 bridgehead atoms. The summed E-state index contributed by atoms with van der Waals surface area (Å²) in [4.78, 5) is 4.34. The molecule has 5 nitrogen and oxygen atoms in total. The third-order valence-corrected chi connectivity index (χ3v) is 3.43. The summed E-state index contributed by atoms with van der Waals surface area (Å²) in [5.74, 6) is 2.38. The fraction of sp³-hybridized carbons (Fsp3) is 0.267. The molecular formula is C15H16N4O. The van der Waals surface area contributed by atoms with E-state index in [1.807, 2.05) is 37.6 Å². The lowest BCUT2D eigenvalue weighted by Crippen LogP contribution is -1.95. The highest BCUT2D eigenvalue weighted by molar-refractivity contribution is 5.66. The first kappa shape index (κ1) is 12.6. The maximum absolute atomic E-state index is 5.40. The van der Waals surface area contributed by atoms with Gasteiger partial charge in [0.2, 0.25) is 0 Å². The summed E-state index contributed by atoms with van der Waals surface area (Å²) in [5.41, 5.74) is 4.38. The van der Waals surface area contributed by atoms with E-state index in [4.69, 9.17) is 4.74 Å². The second kappa shape index (κ2) is 4.59. The molecule has 0 atom stereocenters. The number of aromatic nitrogens is 4. The van der Waals surface area contributed by atoms with Gasteiger partial charge in [0.15, 0.2) is 0 Å². The van der Waals surface area contributed by atoms with Gasteiger partial charge in [-0.3, -0.25) is 4.40 Å². The summed E-state index contributed by atoms with van der Waals surface area (Å²) in [7, 11) is 1.70. The second-order valence-corrected chi connectivity index (χ2v) is 4.90. The largest absolute Gasteiger partial charge is 0.496 e. The van der Waals surface area contributed by atoms with Crippen molar-refractivity contribution < 1.29 is 4.74 Å². The van der Waals surface area contributed by atoms with Crippen LogP contribution in [0.2, 0.25) is 0 Å².